The van der Waals surface area contributed by atoms with Crippen LogP contribution in [0.2, 0.25) is 0 Å². The van der Waals surface area contributed by atoms with Crippen molar-refractivity contribution >= 4 is 27.3 Å². The molecule has 9 heteroatoms. The van der Waals surface area contributed by atoms with Crippen LogP contribution in [0.4, 0.5) is 11.4 Å². The Balaban J connectivity index is 1.82. The highest BCUT2D eigenvalue weighted by Gasteiger charge is 2.27. The van der Waals surface area contributed by atoms with E-state index in [9.17, 15) is 23.3 Å². The molecule has 0 aliphatic rings. The van der Waals surface area contributed by atoms with Crippen LogP contribution >= 0.6 is 0 Å². The summed E-state index contributed by atoms with van der Waals surface area (Å²) in [7, 11) is -4.07. The molecule has 0 fully saturated rings. The fraction of sp³-hybridized carbons (Fsp3) is 0.174. The molecule has 1 N–H and O–H groups in total. The summed E-state index contributed by atoms with van der Waals surface area (Å²) in [5, 5.41) is 13.7. The van der Waals surface area contributed by atoms with Crippen LogP contribution < -0.4 is 9.62 Å². The summed E-state index contributed by atoms with van der Waals surface area (Å²) in [5.74, 6) is -0.440. The number of amides is 1. The lowest BCUT2D eigenvalue weighted by molar-refractivity contribution is -0.384. The van der Waals surface area contributed by atoms with E-state index in [0.717, 1.165) is 9.87 Å². The van der Waals surface area contributed by atoms with Gasteiger partial charge in [0.1, 0.15) is 6.54 Å². The van der Waals surface area contributed by atoms with Gasteiger partial charge in [-0.3, -0.25) is 19.2 Å². The number of nitro groups is 1. The van der Waals surface area contributed by atoms with Crippen LogP contribution in [0.25, 0.3) is 0 Å². The number of hydrogen-bond donors (Lipinski definition) is 1. The summed E-state index contributed by atoms with van der Waals surface area (Å²) < 4.78 is 27.5. The lowest BCUT2D eigenvalue weighted by atomic mass is 10.0. The summed E-state index contributed by atoms with van der Waals surface area (Å²) in [6.45, 7) is 1.84. The van der Waals surface area contributed by atoms with Gasteiger partial charge in [-0.15, -0.1) is 0 Å². The van der Waals surface area contributed by atoms with Crippen LogP contribution in [0.1, 0.15) is 18.4 Å². The van der Waals surface area contributed by atoms with Gasteiger partial charge in [-0.25, -0.2) is 8.42 Å². The molecular formula is C23H23N3O5S. The quantitative estimate of drug-likeness (QED) is 0.392. The van der Waals surface area contributed by atoms with Crippen molar-refractivity contribution in [1.82, 2.24) is 5.32 Å². The Kier molecular flexibility index (Phi) is 7.21. The van der Waals surface area contributed by atoms with Crippen molar-refractivity contribution in [2.45, 2.75) is 17.7 Å². The summed E-state index contributed by atoms with van der Waals surface area (Å²) >= 11 is 0. The summed E-state index contributed by atoms with van der Waals surface area (Å²) in [4.78, 5) is 23.1. The highest BCUT2D eigenvalue weighted by Crippen LogP contribution is 2.25. The third-order valence-electron chi connectivity index (χ3n) is 4.94. The number of anilines is 1. The number of rotatable bonds is 9. The Morgan fingerprint density at radius 1 is 0.969 bits per heavy atom. The molecule has 3 aromatic rings. The van der Waals surface area contributed by atoms with Gasteiger partial charge < -0.3 is 5.32 Å². The molecule has 8 nitrogen and oxygen atoms in total. The summed E-state index contributed by atoms with van der Waals surface area (Å²) in [6, 6.07) is 22.4. The van der Waals surface area contributed by atoms with Gasteiger partial charge >= 0.3 is 0 Å². The van der Waals surface area contributed by atoms with E-state index >= 15 is 0 Å². The van der Waals surface area contributed by atoms with E-state index in [1.54, 1.807) is 18.2 Å². The average Bonchev–Trinajstić information content (AvgIpc) is 2.82. The standard InChI is InChI=1S/C23H23N3O5S/c1-18(19-8-4-2-5-9-19)16-24-23(27)17-25(20-12-14-21(15-13-20)26(28)29)32(30,31)22-10-6-3-7-11-22/h2-15,18H,16-17H2,1H3,(H,24,27). The van der Waals surface area contributed by atoms with Gasteiger partial charge in [-0.1, -0.05) is 55.5 Å². The average molecular weight is 454 g/mol. The van der Waals surface area contributed by atoms with Crippen molar-refractivity contribution in [2.24, 2.45) is 0 Å². The smallest absolute Gasteiger partial charge is 0.269 e. The molecule has 0 saturated carbocycles. The zero-order valence-corrected chi connectivity index (χ0v) is 18.2. The zero-order chi connectivity index (χ0) is 23.1. The van der Waals surface area contributed by atoms with Gasteiger partial charge in [0.15, 0.2) is 0 Å². The highest BCUT2D eigenvalue weighted by molar-refractivity contribution is 7.92. The maximum Gasteiger partial charge on any atom is 0.269 e. The maximum absolute atomic E-state index is 13.3. The Morgan fingerprint density at radius 2 is 1.53 bits per heavy atom. The van der Waals surface area contributed by atoms with Crippen molar-refractivity contribution in [3.8, 4) is 0 Å². The summed E-state index contributed by atoms with van der Waals surface area (Å²) in [6.07, 6.45) is 0. The van der Waals surface area contributed by atoms with Crippen LogP contribution in [0.5, 0.6) is 0 Å². The number of non-ortho nitro benzene ring substituents is 1. The fourth-order valence-electron chi connectivity index (χ4n) is 3.13. The van der Waals surface area contributed by atoms with Gasteiger partial charge in [0.25, 0.3) is 15.7 Å². The van der Waals surface area contributed by atoms with Crippen LogP contribution in [-0.4, -0.2) is 32.3 Å². The second-order valence-electron chi connectivity index (χ2n) is 7.21. The van der Waals surface area contributed by atoms with Gasteiger partial charge in [0.05, 0.1) is 15.5 Å². The minimum Gasteiger partial charge on any atom is -0.354 e. The first-order valence-electron chi connectivity index (χ1n) is 9.93. The SMILES string of the molecule is CC(CNC(=O)CN(c1ccc([N+](=O)[O-])cc1)S(=O)(=O)c1ccccc1)c1ccccc1. The number of hydrogen-bond acceptors (Lipinski definition) is 5. The fourth-order valence-corrected chi connectivity index (χ4v) is 4.57. The molecule has 32 heavy (non-hydrogen) atoms. The lowest BCUT2D eigenvalue weighted by Gasteiger charge is -2.24. The number of nitro benzene ring substituents is 1. The minimum absolute atomic E-state index is 0.0174. The van der Waals surface area contributed by atoms with Gasteiger partial charge in [0, 0.05) is 18.7 Å². The Bertz CT molecular complexity index is 1170. The molecule has 1 unspecified atom stereocenters. The molecule has 0 heterocycles. The van der Waals surface area contributed by atoms with Crippen LogP contribution in [0.15, 0.2) is 89.8 Å². The maximum atomic E-state index is 13.3. The predicted molar refractivity (Wildman–Crippen MR) is 122 cm³/mol. The van der Waals surface area contributed by atoms with Crippen molar-refractivity contribution < 1.29 is 18.1 Å². The van der Waals surface area contributed by atoms with Crippen molar-refractivity contribution in [1.29, 1.82) is 0 Å². The third kappa shape index (κ3) is 5.50. The van der Waals surface area contributed by atoms with Gasteiger partial charge in [-0.05, 0) is 35.7 Å². The van der Waals surface area contributed by atoms with E-state index in [-0.39, 0.29) is 22.2 Å². The van der Waals surface area contributed by atoms with Crippen LogP contribution in [-0.2, 0) is 14.8 Å². The van der Waals surface area contributed by atoms with E-state index in [1.165, 1.54) is 36.4 Å². The Hall–Kier alpha value is -3.72. The number of benzene rings is 3. The molecule has 3 aromatic carbocycles. The normalized spacial score (nSPS) is 12.0. The molecule has 1 amide bonds. The molecule has 3 rings (SSSR count). The van der Waals surface area contributed by atoms with E-state index in [0.29, 0.717) is 6.54 Å². The molecule has 0 aliphatic heterocycles. The third-order valence-corrected chi connectivity index (χ3v) is 6.73. The first kappa shape index (κ1) is 23.0. The molecule has 0 aliphatic carbocycles. The first-order chi connectivity index (χ1) is 15.3. The van der Waals surface area contributed by atoms with Crippen molar-refractivity contribution in [3.63, 3.8) is 0 Å². The molecule has 0 bridgehead atoms. The molecule has 0 radical (unpaired) electrons. The second-order valence-corrected chi connectivity index (χ2v) is 9.08. The number of carbonyl (C=O) groups is 1. The Morgan fingerprint density at radius 3 is 2.09 bits per heavy atom. The molecule has 1 atom stereocenters. The largest absolute Gasteiger partial charge is 0.354 e. The zero-order valence-electron chi connectivity index (χ0n) is 17.4. The molecule has 0 saturated heterocycles. The van der Waals surface area contributed by atoms with Crippen molar-refractivity contribution in [3.05, 3.63) is 101 Å². The molecule has 0 spiro atoms. The first-order valence-corrected chi connectivity index (χ1v) is 11.4. The minimum atomic E-state index is -4.07. The lowest BCUT2D eigenvalue weighted by Crippen LogP contribution is -2.41. The van der Waals surface area contributed by atoms with E-state index in [1.807, 2.05) is 37.3 Å². The molecule has 166 valence electrons. The molecule has 0 aromatic heterocycles. The predicted octanol–water partition coefficient (Wildman–Crippen LogP) is 3.71. The Labute approximate surface area is 186 Å². The van der Waals surface area contributed by atoms with Crippen LogP contribution in [0.3, 0.4) is 0 Å². The monoisotopic (exact) mass is 453 g/mol. The van der Waals surface area contributed by atoms with E-state index in [2.05, 4.69) is 5.32 Å². The molecular weight excluding hydrogens is 430 g/mol. The summed E-state index contributed by atoms with van der Waals surface area (Å²) in [5.41, 5.74) is 1.04. The van der Waals surface area contributed by atoms with Gasteiger partial charge in [0.2, 0.25) is 5.91 Å². The topological polar surface area (TPSA) is 110 Å². The number of sulfonamides is 1. The second kappa shape index (κ2) is 10.1. The van der Waals surface area contributed by atoms with Gasteiger partial charge in [-0.2, -0.15) is 0 Å². The van der Waals surface area contributed by atoms with E-state index < -0.39 is 27.4 Å². The highest BCUT2D eigenvalue weighted by atomic mass is 32.2. The van der Waals surface area contributed by atoms with Crippen LogP contribution in [0, 0.1) is 10.1 Å². The van der Waals surface area contributed by atoms with E-state index in [4.69, 9.17) is 0 Å². The van der Waals surface area contributed by atoms with Crippen molar-refractivity contribution in [2.75, 3.05) is 17.4 Å². The number of carbonyl (C=O) groups excluding carboxylic acids is 1. The number of nitrogens with one attached hydrogen (secondary N) is 1. The number of nitrogens with zero attached hydrogens (tertiary/aromatic N) is 2.